The number of likely N-dealkylation sites (N-methyl/N-ethyl adjacent to an activating group) is 1. The molecule has 8 nitrogen and oxygen atoms in total. The maximum absolute atomic E-state index is 12.8. The van der Waals surface area contributed by atoms with Gasteiger partial charge < -0.3 is 15.1 Å². The van der Waals surface area contributed by atoms with Gasteiger partial charge in [0.1, 0.15) is 0 Å². The third-order valence-corrected chi connectivity index (χ3v) is 4.36. The van der Waals surface area contributed by atoms with Crippen molar-refractivity contribution in [2.75, 3.05) is 40.3 Å². The van der Waals surface area contributed by atoms with E-state index in [9.17, 15) is 9.59 Å². The lowest BCUT2D eigenvalue weighted by Crippen LogP contribution is -2.41. The fourth-order valence-electron chi connectivity index (χ4n) is 2.96. The van der Waals surface area contributed by atoms with E-state index >= 15 is 0 Å². The van der Waals surface area contributed by atoms with Crippen LogP contribution in [0.2, 0.25) is 0 Å². The second-order valence-electron chi connectivity index (χ2n) is 6.18. The Labute approximate surface area is 146 Å². The minimum atomic E-state index is -0.238. The molecule has 0 saturated carbocycles. The Morgan fingerprint density at radius 3 is 2.72 bits per heavy atom. The van der Waals surface area contributed by atoms with Gasteiger partial charge in [0.25, 0.3) is 5.91 Å². The average Bonchev–Trinajstić information content (AvgIpc) is 3.10. The van der Waals surface area contributed by atoms with Crippen LogP contribution in [0.1, 0.15) is 10.4 Å². The van der Waals surface area contributed by atoms with Gasteiger partial charge in [-0.2, -0.15) is 5.10 Å². The molecule has 0 aromatic carbocycles. The first-order valence-corrected chi connectivity index (χ1v) is 8.24. The summed E-state index contributed by atoms with van der Waals surface area (Å²) in [7, 11) is 3.58. The van der Waals surface area contributed by atoms with Crippen molar-refractivity contribution in [1.82, 2.24) is 29.9 Å². The highest BCUT2D eigenvalue weighted by molar-refractivity contribution is 5.94. The number of aromatic nitrogens is 3. The first-order valence-electron chi connectivity index (χ1n) is 8.24. The van der Waals surface area contributed by atoms with Gasteiger partial charge in [-0.3, -0.25) is 9.59 Å². The van der Waals surface area contributed by atoms with Crippen LogP contribution in [0.25, 0.3) is 5.82 Å². The summed E-state index contributed by atoms with van der Waals surface area (Å²) in [6.45, 7) is 2.37. The maximum atomic E-state index is 12.8. The molecule has 1 aliphatic rings. The molecule has 0 unspecified atom stereocenters. The number of carbonyl (C=O) groups is 2. The molecule has 1 N–H and O–H groups in total. The van der Waals surface area contributed by atoms with Gasteiger partial charge in [0.05, 0.1) is 11.5 Å². The number of amides is 2. The zero-order valence-corrected chi connectivity index (χ0v) is 14.4. The van der Waals surface area contributed by atoms with Crippen molar-refractivity contribution >= 4 is 11.8 Å². The van der Waals surface area contributed by atoms with Crippen LogP contribution in [0.4, 0.5) is 0 Å². The lowest BCUT2D eigenvalue weighted by molar-refractivity contribution is -0.125. The van der Waals surface area contributed by atoms with E-state index in [0.717, 1.165) is 6.54 Å². The van der Waals surface area contributed by atoms with Gasteiger partial charge in [-0.05, 0) is 25.2 Å². The number of nitrogens with one attached hydrogen (secondary N) is 1. The predicted molar refractivity (Wildman–Crippen MR) is 92.3 cm³/mol. The summed E-state index contributed by atoms with van der Waals surface area (Å²) in [5.41, 5.74) is 0.510. The average molecular weight is 342 g/mol. The molecule has 0 radical (unpaired) electrons. The van der Waals surface area contributed by atoms with E-state index < -0.39 is 0 Å². The molecule has 1 saturated heterocycles. The molecule has 1 aliphatic heterocycles. The first kappa shape index (κ1) is 17.1. The van der Waals surface area contributed by atoms with Crippen molar-refractivity contribution < 1.29 is 9.59 Å². The van der Waals surface area contributed by atoms with Gasteiger partial charge in [-0.15, -0.1) is 0 Å². The van der Waals surface area contributed by atoms with E-state index in [-0.39, 0.29) is 17.7 Å². The molecule has 2 amide bonds. The molecule has 1 atom stereocenters. The normalized spacial score (nSPS) is 18.6. The zero-order chi connectivity index (χ0) is 17.8. The van der Waals surface area contributed by atoms with Crippen molar-refractivity contribution in [3.63, 3.8) is 0 Å². The van der Waals surface area contributed by atoms with E-state index in [1.165, 1.54) is 0 Å². The molecular weight excluding hydrogens is 320 g/mol. The largest absolute Gasteiger partial charge is 0.359 e. The van der Waals surface area contributed by atoms with Gasteiger partial charge in [-0.25, -0.2) is 9.67 Å². The molecule has 0 bridgehead atoms. The third-order valence-electron chi connectivity index (χ3n) is 4.36. The molecular formula is C17H22N6O2. The molecule has 2 aromatic heterocycles. The molecule has 25 heavy (non-hydrogen) atoms. The SMILES string of the molecule is CNC(=O)[C@H]1CN(C)CCN(C(=O)c2ccc(-n3cccn3)nc2)C1. The summed E-state index contributed by atoms with van der Waals surface area (Å²) < 4.78 is 1.64. The van der Waals surface area contributed by atoms with E-state index in [4.69, 9.17) is 0 Å². The molecule has 0 aliphatic carbocycles. The minimum Gasteiger partial charge on any atom is -0.359 e. The Kier molecular flexibility index (Phi) is 5.08. The van der Waals surface area contributed by atoms with Crippen molar-refractivity contribution in [2.45, 2.75) is 0 Å². The van der Waals surface area contributed by atoms with Crippen LogP contribution in [0, 0.1) is 5.92 Å². The molecule has 3 rings (SSSR count). The van der Waals surface area contributed by atoms with Crippen LogP contribution in [0.15, 0.2) is 36.8 Å². The monoisotopic (exact) mass is 342 g/mol. The smallest absolute Gasteiger partial charge is 0.255 e. The first-order chi connectivity index (χ1) is 12.1. The number of hydrogen-bond donors (Lipinski definition) is 1. The molecule has 2 aromatic rings. The summed E-state index contributed by atoms with van der Waals surface area (Å²) in [4.78, 5) is 33.0. The van der Waals surface area contributed by atoms with Gasteiger partial charge in [0.15, 0.2) is 5.82 Å². The summed E-state index contributed by atoms with van der Waals surface area (Å²) in [5, 5.41) is 6.80. The summed E-state index contributed by atoms with van der Waals surface area (Å²) in [5.74, 6) is 0.264. The van der Waals surface area contributed by atoms with Crippen LogP contribution >= 0.6 is 0 Å². The standard InChI is InChI=1S/C17H22N6O2/c1-18-16(24)14-11-21(2)8-9-22(12-14)17(25)13-4-5-15(19-10-13)23-7-3-6-20-23/h3-7,10,14H,8-9,11-12H2,1-2H3,(H,18,24)/t14-/m0/s1. The van der Waals surface area contributed by atoms with Crippen LogP contribution in [0.3, 0.4) is 0 Å². The highest BCUT2D eigenvalue weighted by Gasteiger charge is 2.28. The van der Waals surface area contributed by atoms with E-state index in [2.05, 4.69) is 20.3 Å². The van der Waals surface area contributed by atoms with Crippen LogP contribution in [0.5, 0.6) is 0 Å². The lowest BCUT2D eigenvalue weighted by atomic mass is 10.1. The highest BCUT2D eigenvalue weighted by Crippen LogP contribution is 2.13. The number of carbonyl (C=O) groups excluding carboxylic acids is 2. The topological polar surface area (TPSA) is 83.4 Å². The second kappa shape index (κ2) is 7.43. The Bertz CT molecular complexity index is 728. The summed E-state index contributed by atoms with van der Waals surface area (Å²) in [6.07, 6.45) is 5.03. The molecule has 0 spiro atoms. The van der Waals surface area contributed by atoms with Gasteiger partial charge >= 0.3 is 0 Å². The number of nitrogens with zero attached hydrogens (tertiary/aromatic N) is 5. The zero-order valence-electron chi connectivity index (χ0n) is 14.4. The third kappa shape index (κ3) is 3.85. The Morgan fingerprint density at radius 2 is 2.08 bits per heavy atom. The second-order valence-corrected chi connectivity index (χ2v) is 6.18. The number of hydrogen-bond acceptors (Lipinski definition) is 5. The van der Waals surface area contributed by atoms with Crippen LogP contribution < -0.4 is 5.32 Å². The van der Waals surface area contributed by atoms with Crippen molar-refractivity contribution in [2.24, 2.45) is 5.92 Å². The fourth-order valence-corrected chi connectivity index (χ4v) is 2.96. The van der Waals surface area contributed by atoms with E-state index in [1.54, 1.807) is 47.4 Å². The van der Waals surface area contributed by atoms with E-state index in [0.29, 0.717) is 31.0 Å². The van der Waals surface area contributed by atoms with Crippen LogP contribution in [-0.4, -0.2) is 76.7 Å². The Balaban J connectivity index is 1.75. The molecule has 8 heteroatoms. The molecule has 132 valence electrons. The van der Waals surface area contributed by atoms with Gasteiger partial charge in [0.2, 0.25) is 5.91 Å². The molecule has 3 heterocycles. The van der Waals surface area contributed by atoms with Gasteiger partial charge in [0, 0.05) is 51.8 Å². The van der Waals surface area contributed by atoms with Crippen LogP contribution in [-0.2, 0) is 4.79 Å². The quantitative estimate of drug-likeness (QED) is 0.850. The summed E-state index contributed by atoms with van der Waals surface area (Å²) in [6, 6.07) is 5.32. The van der Waals surface area contributed by atoms with Crippen molar-refractivity contribution in [3.8, 4) is 5.82 Å². The maximum Gasteiger partial charge on any atom is 0.255 e. The van der Waals surface area contributed by atoms with Crippen molar-refractivity contribution in [1.29, 1.82) is 0 Å². The Hall–Kier alpha value is -2.74. The lowest BCUT2D eigenvalue weighted by Gasteiger charge is -2.23. The number of rotatable bonds is 3. The molecule has 1 fully saturated rings. The summed E-state index contributed by atoms with van der Waals surface area (Å²) >= 11 is 0. The highest BCUT2D eigenvalue weighted by atomic mass is 16.2. The van der Waals surface area contributed by atoms with Gasteiger partial charge in [-0.1, -0.05) is 0 Å². The van der Waals surface area contributed by atoms with E-state index in [1.807, 2.05) is 13.1 Å². The predicted octanol–water partition coefficient (Wildman–Crippen LogP) is 0.0171. The fraction of sp³-hybridized carbons (Fsp3) is 0.412. The number of pyridine rings is 1. The van der Waals surface area contributed by atoms with Crippen molar-refractivity contribution in [3.05, 3.63) is 42.4 Å². The minimum absolute atomic E-state index is 0.0429. The Morgan fingerprint density at radius 1 is 1.24 bits per heavy atom.